The van der Waals surface area contributed by atoms with E-state index in [1.165, 1.54) is 0 Å². The van der Waals surface area contributed by atoms with Gasteiger partial charge in [-0.05, 0) is 49.6 Å². The molecular weight excluding hydrogens is 477 g/mol. The van der Waals surface area contributed by atoms with Crippen molar-refractivity contribution in [2.75, 3.05) is 23.7 Å². The third-order valence-electron chi connectivity index (χ3n) is 6.32. The average molecular weight is 498 g/mol. The molecule has 1 saturated heterocycles. The van der Waals surface area contributed by atoms with Gasteiger partial charge in [-0.3, -0.25) is 4.79 Å². The van der Waals surface area contributed by atoms with E-state index >= 15 is 0 Å². The molecule has 0 spiro atoms. The number of hydrogen-bond acceptors (Lipinski definition) is 7. The molecule has 6 rings (SSSR count). The molecule has 174 valence electrons. The monoisotopic (exact) mass is 497 g/mol. The van der Waals surface area contributed by atoms with Crippen molar-refractivity contribution in [1.82, 2.24) is 25.2 Å². The van der Waals surface area contributed by atoms with Crippen LogP contribution in [0.15, 0.2) is 41.2 Å². The third kappa shape index (κ3) is 3.84. The van der Waals surface area contributed by atoms with Crippen molar-refractivity contribution in [2.45, 2.75) is 31.2 Å². The molecule has 2 fully saturated rings. The van der Waals surface area contributed by atoms with E-state index in [0.717, 1.165) is 43.0 Å². The highest BCUT2D eigenvalue weighted by atomic mass is 35.5. The molecule has 1 saturated carbocycles. The van der Waals surface area contributed by atoms with E-state index in [4.69, 9.17) is 33.5 Å². The lowest BCUT2D eigenvalue weighted by Gasteiger charge is -2.19. The number of rotatable bonds is 5. The smallest absolute Gasteiger partial charge is 0.253 e. The van der Waals surface area contributed by atoms with Gasteiger partial charge in [0.25, 0.3) is 5.91 Å². The molecule has 2 aliphatic rings. The lowest BCUT2D eigenvalue weighted by molar-refractivity contribution is 0.0940. The van der Waals surface area contributed by atoms with E-state index in [1.54, 1.807) is 29.2 Å². The highest BCUT2D eigenvalue weighted by Gasteiger charge is 2.29. The van der Waals surface area contributed by atoms with Gasteiger partial charge in [0.15, 0.2) is 17.2 Å². The van der Waals surface area contributed by atoms with Crippen molar-refractivity contribution >= 4 is 51.6 Å². The molecule has 1 unspecified atom stereocenters. The lowest BCUT2D eigenvalue weighted by atomic mass is 10.1. The summed E-state index contributed by atoms with van der Waals surface area (Å²) in [5, 5.41) is 13.0. The third-order valence-corrected chi connectivity index (χ3v) is 6.85. The summed E-state index contributed by atoms with van der Waals surface area (Å²) < 4.78 is 7.12. The number of nitrogens with zero attached hydrogens (tertiary/aromatic N) is 5. The Morgan fingerprint density at radius 3 is 2.82 bits per heavy atom. The normalized spacial score (nSPS) is 18.1. The number of fused-ring (bicyclic) bond motifs is 1. The summed E-state index contributed by atoms with van der Waals surface area (Å²) >= 11 is 12.8. The summed E-state index contributed by atoms with van der Waals surface area (Å²) in [6.45, 7) is 1.32. The first-order valence-corrected chi connectivity index (χ1v) is 11.8. The zero-order valence-electron chi connectivity index (χ0n) is 18.0. The minimum absolute atomic E-state index is 0.0611. The topological polar surface area (TPSA) is 115 Å². The zero-order chi connectivity index (χ0) is 23.4. The largest absolute Gasteiger partial charge is 0.380 e. The second-order valence-corrected chi connectivity index (χ2v) is 9.60. The number of hydrogen-bond donors (Lipinski definition) is 2. The lowest BCUT2D eigenvalue weighted by Crippen LogP contribution is -2.37. The Balaban J connectivity index is 1.15. The molecule has 4 aromatic rings. The van der Waals surface area contributed by atoms with Crippen molar-refractivity contribution in [3.05, 3.63) is 58.1 Å². The van der Waals surface area contributed by atoms with Crippen LogP contribution in [0.5, 0.6) is 0 Å². The van der Waals surface area contributed by atoms with E-state index in [-0.39, 0.29) is 11.9 Å². The molecule has 3 N–H and O–H groups in total. The van der Waals surface area contributed by atoms with Gasteiger partial charge in [-0.15, -0.1) is 0 Å². The van der Waals surface area contributed by atoms with Crippen LogP contribution < -0.4 is 16.0 Å². The maximum Gasteiger partial charge on any atom is 0.253 e. The van der Waals surface area contributed by atoms with E-state index in [0.29, 0.717) is 44.9 Å². The fraction of sp³-hybridized carbons (Fsp3) is 0.304. The van der Waals surface area contributed by atoms with Gasteiger partial charge in [-0.1, -0.05) is 28.4 Å². The second kappa shape index (κ2) is 8.18. The summed E-state index contributed by atoms with van der Waals surface area (Å²) in [5.41, 5.74) is 8.47. The summed E-state index contributed by atoms with van der Waals surface area (Å²) in [6.07, 6.45) is 4.72. The van der Waals surface area contributed by atoms with Gasteiger partial charge in [0.05, 0.1) is 27.3 Å². The maximum atomic E-state index is 13.0. The predicted molar refractivity (Wildman–Crippen MR) is 130 cm³/mol. The highest BCUT2D eigenvalue weighted by molar-refractivity contribution is 6.34. The van der Waals surface area contributed by atoms with E-state index < -0.39 is 0 Å². The number of anilines is 2. The Morgan fingerprint density at radius 2 is 2.03 bits per heavy atom. The van der Waals surface area contributed by atoms with Gasteiger partial charge >= 0.3 is 0 Å². The molecule has 2 aromatic heterocycles. The van der Waals surface area contributed by atoms with Crippen LogP contribution in [0, 0.1) is 0 Å². The van der Waals surface area contributed by atoms with Crippen molar-refractivity contribution in [3.63, 3.8) is 0 Å². The van der Waals surface area contributed by atoms with E-state index in [1.807, 2.05) is 12.1 Å². The molecule has 11 heteroatoms. The summed E-state index contributed by atoms with van der Waals surface area (Å²) in [4.78, 5) is 19.4. The van der Waals surface area contributed by atoms with Crippen molar-refractivity contribution < 1.29 is 9.32 Å². The Morgan fingerprint density at radius 1 is 1.18 bits per heavy atom. The van der Waals surface area contributed by atoms with Crippen LogP contribution in [0.1, 0.15) is 41.4 Å². The quantitative estimate of drug-likeness (QED) is 0.424. The zero-order valence-corrected chi connectivity index (χ0v) is 19.6. The van der Waals surface area contributed by atoms with Gasteiger partial charge in [0.2, 0.25) is 0 Å². The predicted octanol–water partition coefficient (Wildman–Crippen LogP) is 4.18. The first kappa shape index (κ1) is 21.2. The molecule has 9 nitrogen and oxygen atoms in total. The molecule has 1 aliphatic carbocycles. The van der Waals surface area contributed by atoms with Gasteiger partial charge < -0.3 is 20.5 Å². The number of nitrogens with two attached hydrogens (primary N) is 1. The first-order valence-electron chi connectivity index (χ1n) is 11.1. The van der Waals surface area contributed by atoms with Crippen LogP contribution in [0.2, 0.25) is 10.0 Å². The van der Waals surface area contributed by atoms with Crippen molar-refractivity contribution in [1.29, 1.82) is 0 Å². The fourth-order valence-corrected chi connectivity index (χ4v) is 4.84. The SMILES string of the molecule is Nc1noc2c(N3CCC(NC(=O)c4ccc(-n5cnc(C6CC6)n5)cc4Cl)C3)cc(Cl)cc12. The Hall–Kier alpha value is -3.30. The highest BCUT2D eigenvalue weighted by Crippen LogP contribution is 2.38. The number of carbonyl (C=O) groups excluding carboxylic acids is 1. The minimum atomic E-state index is -0.221. The molecule has 1 atom stereocenters. The van der Waals surface area contributed by atoms with Crippen LogP contribution in [0.4, 0.5) is 11.5 Å². The maximum absolute atomic E-state index is 13.0. The molecule has 1 amide bonds. The molecular formula is C23H21Cl2N7O2. The van der Waals surface area contributed by atoms with Gasteiger partial charge in [0.1, 0.15) is 6.33 Å². The molecule has 3 heterocycles. The minimum Gasteiger partial charge on any atom is -0.380 e. The molecule has 0 bridgehead atoms. The standard InChI is InChI=1S/C23H21Cl2N7O2/c24-13-7-17-20(34-30-21(17)26)19(8-13)31-6-5-14(10-31)28-23(33)16-4-3-15(9-18(16)25)32-11-27-22(29-32)12-1-2-12/h3-4,7-9,11-12,14H,1-2,5-6,10H2,(H2,26,30)(H,28,33). The summed E-state index contributed by atoms with van der Waals surface area (Å²) in [7, 11) is 0. The van der Waals surface area contributed by atoms with Crippen LogP contribution in [0.25, 0.3) is 16.7 Å². The number of amides is 1. The van der Waals surface area contributed by atoms with E-state index in [2.05, 4.69) is 25.5 Å². The Bertz CT molecular complexity index is 1410. The van der Waals surface area contributed by atoms with Crippen molar-refractivity contribution in [2.24, 2.45) is 0 Å². The molecule has 1 aliphatic heterocycles. The molecule has 0 radical (unpaired) electrons. The van der Waals surface area contributed by atoms with Gasteiger partial charge in [0, 0.05) is 30.1 Å². The average Bonchev–Trinajstić information content (AvgIpc) is 3.19. The summed E-state index contributed by atoms with van der Waals surface area (Å²) in [5.74, 6) is 1.40. The summed E-state index contributed by atoms with van der Waals surface area (Å²) in [6, 6.07) is 8.78. The number of carbonyl (C=O) groups is 1. The van der Waals surface area contributed by atoms with Crippen LogP contribution >= 0.6 is 23.2 Å². The second-order valence-electron chi connectivity index (χ2n) is 8.76. The fourth-order valence-electron chi connectivity index (χ4n) is 4.36. The number of halogens is 2. The number of nitrogen functional groups attached to an aromatic ring is 1. The van der Waals surface area contributed by atoms with E-state index in [9.17, 15) is 4.79 Å². The van der Waals surface area contributed by atoms with Gasteiger partial charge in [-0.25, -0.2) is 9.67 Å². The number of nitrogens with one attached hydrogen (secondary N) is 1. The number of aromatic nitrogens is 4. The van der Waals surface area contributed by atoms with Crippen LogP contribution in [-0.2, 0) is 0 Å². The number of benzene rings is 2. The van der Waals surface area contributed by atoms with Crippen molar-refractivity contribution in [3.8, 4) is 5.69 Å². The Labute approximate surface area is 204 Å². The van der Waals surface area contributed by atoms with Gasteiger partial charge in [-0.2, -0.15) is 5.10 Å². The Kier molecular flexibility index (Phi) is 5.11. The molecule has 2 aromatic carbocycles. The molecule has 34 heavy (non-hydrogen) atoms. The first-order chi connectivity index (χ1) is 16.5. The van der Waals surface area contributed by atoms with Crippen LogP contribution in [0.3, 0.4) is 0 Å². The van der Waals surface area contributed by atoms with Crippen LogP contribution in [-0.4, -0.2) is 45.0 Å².